The summed E-state index contributed by atoms with van der Waals surface area (Å²) >= 11 is 0. The lowest BCUT2D eigenvalue weighted by Gasteiger charge is -2.29. The topological polar surface area (TPSA) is 66.4 Å². The summed E-state index contributed by atoms with van der Waals surface area (Å²) in [6.07, 6.45) is 6.24. The van der Waals surface area contributed by atoms with E-state index < -0.39 is 0 Å². The second kappa shape index (κ2) is 18.4. The summed E-state index contributed by atoms with van der Waals surface area (Å²) in [5.74, 6) is 0.885. The number of unbranched alkanes of at least 4 members (excludes halogenated alkanes) is 2. The fourth-order valence-electron chi connectivity index (χ4n) is 3.29. The van der Waals surface area contributed by atoms with Gasteiger partial charge in [-0.15, -0.1) is 0 Å². The quantitative estimate of drug-likeness (QED) is 0.286. The Labute approximate surface area is 189 Å². The second-order valence-corrected chi connectivity index (χ2v) is 7.92. The van der Waals surface area contributed by atoms with Gasteiger partial charge in [0.1, 0.15) is 12.4 Å². The van der Waals surface area contributed by atoms with Crippen molar-refractivity contribution in [2.24, 2.45) is 0 Å². The highest BCUT2D eigenvalue weighted by Crippen LogP contribution is 2.34. The molecule has 1 aromatic rings. The zero-order valence-electron chi connectivity index (χ0n) is 19.9. The van der Waals surface area contributed by atoms with Crippen molar-refractivity contribution in [1.82, 2.24) is 0 Å². The normalized spacial score (nSPS) is 13.3. The van der Waals surface area contributed by atoms with Crippen LogP contribution in [0.5, 0.6) is 5.75 Å². The monoisotopic (exact) mass is 440 g/mol. The molecule has 1 aromatic carbocycles. The molecule has 1 rings (SSSR count). The summed E-state index contributed by atoms with van der Waals surface area (Å²) in [7, 11) is 0. The van der Waals surface area contributed by atoms with E-state index >= 15 is 0 Å². The molecule has 31 heavy (non-hydrogen) atoms. The Kier molecular flexibility index (Phi) is 16.5. The Bertz CT molecular complexity index is 521. The molecule has 1 N–H and O–H groups in total. The van der Waals surface area contributed by atoms with E-state index in [9.17, 15) is 0 Å². The van der Waals surface area contributed by atoms with Gasteiger partial charge in [-0.2, -0.15) is 0 Å². The van der Waals surface area contributed by atoms with Crippen molar-refractivity contribution in [1.29, 1.82) is 0 Å². The summed E-state index contributed by atoms with van der Waals surface area (Å²) in [5, 5.41) is 8.57. The van der Waals surface area contributed by atoms with Crippen molar-refractivity contribution in [3.63, 3.8) is 0 Å². The van der Waals surface area contributed by atoms with Crippen LogP contribution < -0.4 is 4.74 Å². The summed E-state index contributed by atoms with van der Waals surface area (Å²) in [6, 6.07) is 8.56. The summed E-state index contributed by atoms with van der Waals surface area (Å²) in [5.41, 5.74) is 1.64. The Morgan fingerprint density at radius 2 is 1.23 bits per heavy atom. The minimum Gasteiger partial charge on any atom is -0.491 e. The van der Waals surface area contributed by atoms with Gasteiger partial charge in [0.15, 0.2) is 0 Å². The van der Waals surface area contributed by atoms with Gasteiger partial charge in [0.2, 0.25) is 0 Å². The van der Waals surface area contributed by atoms with Gasteiger partial charge in [-0.05, 0) is 36.0 Å². The van der Waals surface area contributed by atoms with Gasteiger partial charge < -0.3 is 28.8 Å². The van der Waals surface area contributed by atoms with Crippen molar-refractivity contribution in [3.8, 4) is 5.75 Å². The lowest BCUT2D eigenvalue weighted by molar-refractivity contribution is -0.00779. The number of hydrogen-bond donors (Lipinski definition) is 1. The molecule has 0 aliphatic heterocycles. The molecule has 0 spiro atoms. The first-order valence-electron chi connectivity index (χ1n) is 11.8. The number of aliphatic hydroxyl groups is 1. The van der Waals surface area contributed by atoms with E-state index in [2.05, 4.69) is 45.0 Å². The lowest BCUT2D eigenvalue weighted by Crippen LogP contribution is -2.20. The molecule has 0 saturated carbocycles. The molecule has 180 valence electrons. The fraction of sp³-hybridized carbons (Fsp3) is 0.760. The zero-order valence-corrected chi connectivity index (χ0v) is 19.9. The van der Waals surface area contributed by atoms with Crippen LogP contribution >= 0.6 is 0 Å². The first-order valence-corrected chi connectivity index (χ1v) is 11.8. The van der Waals surface area contributed by atoms with Crippen LogP contribution in [0.4, 0.5) is 0 Å². The first-order chi connectivity index (χ1) is 15.2. The molecular weight excluding hydrogens is 396 g/mol. The van der Waals surface area contributed by atoms with Gasteiger partial charge in [-0.3, -0.25) is 0 Å². The van der Waals surface area contributed by atoms with E-state index in [1.165, 1.54) is 31.2 Å². The highest BCUT2D eigenvalue weighted by atomic mass is 16.6. The molecule has 1 atom stereocenters. The molecule has 0 aliphatic carbocycles. The summed E-state index contributed by atoms with van der Waals surface area (Å²) in [6.45, 7) is 11.5. The highest BCUT2D eigenvalue weighted by molar-refractivity contribution is 5.32. The second-order valence-electron chi connectivity index (χ2n) is 7.92. The molecule has 0 bridgehead atoms. The SMILES string of the molecule is CCCCCC(C)(CC)c1ccc(OCCOCCOCCOCCOCCO)cc1. The van der Waals surface area contributed by atoms with Gasteiger partial charge in [-0.1, -0.05) is 52.2 Å². The average molecular weight is 441 g/mol. The third-order valence-corrected chi connectivity index (χ3v) is 5.51. The van der Waals surface area contributed by atoms with Crippen molar-refractivity contribution in [3.05, 3.63) is 29.8 Å². The van der Waals surface area contributed by atoms with E-state index in [4.69, 9.17) is 28.8 Å². The number of benzene rings is 1. The molecule has 1 unspecified atom stereocenters. The Balaban J connectivity index is 2.06. The number of ether oxygens (including phenoxy) is 5. The van der Waals surface area contributed by atoms with Crippen molar-refractivity contribution in [2.45, 2.75) is 58.3 Å². The molecular formula is C25H44O6. The van der Waals surface area contributed by atoms with Gasteiger partial charge in [-0.25, -0.2) is 0 Å². The maximum atomic E-state index is 8.57. The van der Waals surface area contributed by atoms with Crippen LogP contribution in [0.25, 0.3) is 0 Å². The Morgan fingerprint density at radius 3 is 1.71 bits per heavy atom. The molecule has 0 radical (unpaired) electrons. The average Bonchev–Trinajstić information content (AvgIpc) is 2.79. The van der Waals surface area contributed by atoms with Crippen LogP contribution in [0.15, 0.2) is 24.3 Å². The minimum absolute atomic E-state index is 0.0398. The lowest BCUT2D eigenvalue weighted by atomic mass is 9.76. The van der Waals surface area contributed by atoms with E-state index in [-0.39, 0.29) is 12.0 Å². The maximum absolute atomic E-state index is 8.57. The van der Waals surface area contributed by atoms with E-state index in [0.29, 0.717) is 59.5 Å². The smallest absolute Gasteiger partial charge is 0.119 e. The predicted octanol–water partition coefficient (Wildman–Crippen LogP) is 4.37. The zero-order chi connectivity index (χ0) is 22.6. The molecule has 6 nitrogen and oxygen atoms in total. The van der Waals surface area contributed by atoms with Crippen molar-refractivity contribution < 1.29 is 28.8 Å². The predicted molar refractivity (Wildman–Crippen MR) is 124 cm³/mol. The van der Waals surface area contributed by atoms with E-state index in [0.717, 1.165) is 12.2 Å². The highest BCUT2D eigenvalue weighted by Gasteiger charge is 2.23. The standard InChI is InChI=1S/C25H44O6/c1-4-6-7-12-25(3,5-2)23-8-10-24(11-9-23)31-22-21-30-20-19-29-18-17-28-16-15-27-14-13-26/h8-11,26H,4-7,12-22H2,1-3H3. The van der Waals surface area contributed by atoms with Crippen LogP contribution in [0.1, 0.15) is 58.4 Å². The van der Waals surface area contributed by atoms with Crippen LogP contribution in [-0.2, 0) is 24.4 Å². The van der Waals surface area contributed by atoms with Crippen molar-refractivity contribution >= 4 is 0 Å². The Morgan fingerprint density at radius 1 is 0.710 bits per heavy atom. The van der Waals surface area contributed by atoms with Crippen LogP contribution in [0.2, 0.25) is 0 Å². The maximum Gasteiger partial charge on any atom is 0.119 e. The van der Waals surface area contributed by atoms with Crippen LogP contribution in [-0.4, -0.2) is 71.2 Å². The fourth-order valence-corrected chi connectivity index (χ4v) is 3.29. The largest absolute Gasteiger partial charge is 0.491 e. The number of rotatable bonds is 21. The van der Waals surface area contributed by atoms with Gasteiger partial charge in [0.05, 0.1) is 59.5 Å². The molecule has 6 heteroatoms. The van der Waals surface area contributed by atoms with Gasteiger partial charge in [0, 0.05) is 0 Å². The molecule has 0 fully saturated rings. The van der Waals surface area contributed by atoms with Gasteiger partial charge >= 0.3 is 0 Å². The third kappa shape index (κ3) is 13.1. The summed E-state index contributed by atoms with van der Waals surface area (Å²) < 4.78 is 27.2. The van der Waals surface area contributed by atoms with Crippen LogP contribution in [0, 0.1) is 0 Å². The molecule has 0 aromatic heterocycles. The van der Waals surface area contributed by atoms with E-state index in [1.54, 1.807) is 0 Å². The number of aliphatic hydroxyl groups excluding tert-OH is 1. The minimum atomic E-state index is 0.0398. The van der Waals surface area contributed by atoms with Crippen LogP contribution in [0.3, 0.4) is 0 Å². The first kappa shape index (κ1) is 27.9. The van der Waals surface area contributed by atoms with Crippen molar-refractivity contribution in [2.75, 3.05) is 66.1 Å². The third-order valence-electron chi connectivity index (χ3n) is 5.51. The molecule has 0 amide bonds. The Hall–Kier alpha value is -1.18. The molecule has 0 heterocycles. The molecule has 0 saturated heterocycles. The molecule has 0 aliphatic rings. The van der Waals surface area contributed by atoms with Gasteiger partial charge in [0.25, 0.3) is 0 Å². The summed E-state index contributed by atoms with van der Waals surface area (Å²) in [4.78, 5) is 0. The van der Waals surface area contributed by atoms with E-state index in [1.807, 2.05) is 0 Å². The number of hydrogen-bond acceptors (Lipinski definition) is 6.